The Hall–Kier alpha value is -4.27. The second-order valence-electron chi connectivity index (χ2n) is 6.84. The Bertz CT molecular complexity index is 1310. The van der Waals surface area contributed by atoms with Crippen LogP contribution in [0.1, 0.15) is 33.3 Å². The summed E-state index contributed by atoms with van der Waals surface area (Å²) in [6.45, 7) is 2.60. The highest BCUT2D eigenvalue weighted by Gasteiger charge is 2.17. The Morgan fingerprint density at radius 1 is 0.935 bits per heavy atom. The molecule has 9 nitrogen and oxygen atoms in total. The minimum Gasteiger partial charge on any atom is -0.268 e. The van der Waals surface area contributed by atoms with Crippen LogP contribution in [-0.2, 0) is 13.1 Å². The number of fused-ring (bicyclic) bond motifs is 1. The summed E-state index contributed by atoms with van der Waals surface area (Å²) in [4.78, 5) is 37.5. The van der Waals surface area contributed by atoms with E-state index in [0.717, 1.165) is 5.56 Å². The number of rotatable bonds is 5. The summed E-state index contributed by atoms with van der Waals surface area (Å²) >= 11 is 0. The Labute approximate surface area is 177 Å². The van der Waals surface area contributed by atoms with Gasteiger partial charge in [-0.3, -0.25) is 29.9 Å². The summed E-state index contributed by atoms with van der Waals surface area (Å²) in [5.74, 6) is -1.13. The average molecular weight is 416 g/mol. The van der Waals surface area contributed by atoms with E-state index in [4.69, 9.17) is 0 Å². The summed E-state index contributed by atoms with van der Waals surface area (Å²) in [6.07, 6.45) is 3.02. The van der Waals surface area contributed by atoms with E-state index >= 15 is 0 Å². The predicted octanol–water partition coefficient (Wildman–Crippen LogP) is 1.74. The number of carbonyl (C=O) groups excluding carboxylic acids is 2. The van der Waals surface area contributed by atoms with Crippen LogP contribution in [0.3, 0.4) is 0 Å². The lowest BCUT2D eigenvalue weighted by Gasteiger charge is -2.10. The third-order valence-electron chi connectivity index (χ3n) is 4.75. The van der Waals surface area contributed by atoms with Gasteiger partial charge in [0.25, 0.3) is 17.4 Å². The van der Waals surface area contributed by atoms with Crippen molar-refractivity contribution in [3.8, 4) is 0 Å². The van der Waals surface area contributed by atoms with Crippen molar-refractivity contribution < 1.29 is 9.59 Å². The van der Waals surface area contributed by atoms with E-state index in [1.807, 2.05) is 30.3 Å². The van der Waals surface area contributed by atoms with Crippen LogP contribution in [0.15, 0.2) is 71.8 Å². The quantitative estimate of drug-likeness (QED) is 0.482. The van der Waals surface area contributed by atoms with Crippen LogP contribution in [0.5, 0.6) is 0 Å². The van der Waals surface area contributed by atoms with Gasteiger partial charge in [-0.2, -0.15) is 10.2 Å². The zero-order valence-electron chi connectivity index (χ0n) is 16.8. The smallest absolute Gasteiger partial charge is 0.268 e. The van der Waals surface area contributed by atoms with Gasteiger partial charge in [0, 0.05) is 18.1 Å². The van der Waals surface area contributed by atoms with E-state index in [2.05, 4.69) is 21.0 Å². The van der Waals surface area contributed by atoms with Crippen LogP contribution >= 0.6 is 0 Å². The van der Waals surface area contributed by atoms with Gasteiger partial charge in [-0.1, -0.05) is 48.5 Å². The molecular formula is C22H20N6O3. The number of benzene rings is 2. The monoisotopic (exact) mass is 416 g/mol. The van der Waals surface area contributed by atoms with Crippen LogP contribution in [0.2, 0.25) is 0 Å². The Kier molecular flexibility index (Phi) is 5.57. The predicted molar refractivity (Wildman–Crippen MR) is 114 cm³/mol. The van der Waals surface area contributed by atoms with Crippen LogP contribution in [0.25, 0.3) is 10.8 Å². The zero-order valence-corrected chi connectivity index (χ0v) is 16.8. The molecule has 9 heteroatoms. The highest BCUT2D eigenvalue weighted by atomic mass is 16.2. The van der Waals surface area contributed by atoms with Gasteiger partial charge in [0.15, 0.2) is 5.69 Å². The summed E-state index contributed by atoms with van der Waals surface area (Å²) in [6, 6.07) is 16.5. The SMILES string of the molecule is CCn1nc(C(=O)NNC(=O)c2cnn(Cc3ccccc3)c2)c2ccccc2c1=O. The van der Waals surface area contributed by atoms with Crippen molar-refractivity contribution in [2.24, 2.45) is 0 Å². The first-order valence-corrected chi connectivity index (χ1v) is 9.73. The average Bonchev–Trinajstić information content (AvgIpc) is 3.27. The fourth-order valence-corrected chi connectivity index (χ4v) is 3.20. The highest BCUT2D eigenvalue weighted by molar-refractivity contribution is 6.05. The molecule has 0 aliphatic carbocycles. The van der Waals surface area contributed by atoms with Crippen molar-refractivity contribution in [3.05, 3.63) is 94.2 Å². The molecule has 0 bridgehead atoms. The lowest BCUT2D eigenvalue weighted by atomic mass is 10.1. The Morgan fingerprint density at radius 2 is 1.61 bits per heavy atom. The van der Waals surface area contributed by atoms with Gasteiger partial charge in [0.2, 0.25) is 0 Å². The molecule has 4 rings (SSSR count). The third-order valence-corrected chi connectivity index (χ3v) is 4.75. The number of nitrogens with zero attached hydrogens (tertiary/aromatic N) is 4. The summed E-state index contributed by atoms with van der Waals surface area (Å²) < 4.78 is 2.85. The van der Waals surface area contributed by atoms with E-state index in [0.29, 0.717) is 29.4 Å². The first kappa shape index (κ1) is 20.0. The van der Waals surface area contributed by atoms with E-state index in [9.17, 15) is 14.4 Å². The molecule has 0 aliphatic rings. The Morgan fingerprint density at radius 3 is 2.35 bits per heavy atom. The van der Waals surface area contributed by atoms with Gasteiger partial charge in [0.1, 0.15) is 0 Å². The standard InChI is InChI=1S/C22H20N6O3/c1-2-28-22(31)18-11-7-6-10-17(18)19(26-28)21(30)25-24-20(29)16-12-23-27(14-16)13-15-8-4-3-5-9-15/h3-12,14H,2,13H2,1H3,(H,24,29)(H,25,30). The lowest BCUT2D eigenvalue weighted by molar-refractivity contribution is 0.0843. The molecule has 0 atom stereocenters. The van der Waals surface area contributed by atoms with Crippen molar-refractivity contribution in [1.82, 2.24) is 30.4 Å². The molecule has 2 amide bonds. The van der Waals surface area contributed by atoms with Gasteiger partial charge in [-0.15, -0.1) is 0 Å². The van der Waals surface area contributed by atoms with E-state index in [1.165, 1.54) is 10.9 Å². The van der Waals surface area contributed by atoms with E-state index < -0.39 is 11.8 Å². The number of hydrogen-bond donors (Lipinski definition) is 2. The highest BCUT2D eigenvalue weighted by Crippen LogP contribution is 2.13. The molecule has 0 unspecified atom stereocenters. The van der Waals surface area contributed by atoms with Crippen molar-refractivity contribution in [1.29, 1.82) is 0 Å². The number of carbonyl (C=O) groups is 2. The molecular weight excluding hydrogens is 396 g/mol. The molecule has 0 fully saturated rings. The van der Waals surface area contributed by atoms with Crippen molar-refractivity contribution in [3.63, 3.8) is 0 Å². The molecule has 156 valence electrons. The number of hydrogen-bond acceptors (Lipinski definition) is 5. The fourth-order valence-electron chi connectivity index (χ4n) is 3.20. The van der Waals surface area contributed by atoms with Crippen LogP contribution in [-0.4, -0.2) is 31.4 Å². The normalized spacial score (nSPS) is 10.7. The molecule has 4 aromatic rings. The number of amides is 2. The maximum Gasteiger partial charge on any atom is 0.290 e. The molecule has 31 heavy (non-hydrogen) atoms. The first-order chi connectivity index (χ1) is 15.1. The largest absolute Gasteiger partial charge is 0.290 e. The molecule has 0 saturated heterocycles. The molecule has 0 spiro atoms. The molecule has 0 radical (unpaired) electrons. The maximum absolute atomic E-state index is 12.7. The second-order valence-corrected chi connectivity index (χ2v) is 6.84. The minimum absolute atomic E-state index is 0.0529. The van der Waals surface area contributed by atoms with Crippen molar-refractivity contribution in [2.75, 3.05) is 0 Å². The van der Waals surface area contributed by atoms with Crippen LogP contribution in [0.4, 0.5) is 0 Å². The molecule has 2 aromatic carbocycles. The number of aromatic nitrogens is 4. The maximum atomic E-state index is 12.7. The summed E-state index contributed by atoms with van der Waals surface area (Å²) in [7, 11) is 0. The summed E-state index contributed by atoms with van der Waals surface area (Å²) in [5.41, 5.74) is 5.87. The summed E-state index contributed by atoms with van der Waals surface area (Å²) in [5, 5.41) is 9.13. The van der Waals surface area contributed by atoms with Gasteiger partial charge < -0.3 is 0 Å². The Balaban J connectivity index is 1.48. The number of hydrazine groups is 1. The van der Waals surface area contributed by atoms with Gasteiger partial charge in [-0.05, 0) is 18.6 Å². The molecule has 2 aromatic heterocycles. The van der Waals surface area contributed by atoms with Crippen LogP contribution < -0.4 is 16.4 Å². The number of nitrogens with one attached hydrogen (secondary N) is 2. The molecule has 2 heterocycles. The molecule has 2 N–H and O–H groups in total. The zero-order chi connectivity index (χ0) is 21.8. The fraction of sp³-hybridized carbons (Fsp3) is 0.136. The molecule has 0 saturated carbocycles. The van der Waals surface area contributed by atoms with Crippen molar-refractivity contribution in [2.45, 2.75) is 20.0 Å². The molecule has 0 aliphatic heterocycles. The van der Waals surface area contributed by atoms with Gasteiger partial charge in [-0.25, -0.2) is 4.68 Å². The van der Waals surface area contributed by atoms with Gasteiger partial charge >= 0.3 is 0 Å². The van der Waals surface area contributed by atoms with Crippen LogP contribution in [0, 0.1) is 0 Å². The number of aryl methyl sites for hydroxylation is 1. The minimum atomic E-state index is -0.622. The first-order valence-electron chi connectivity index (χ1n) is 9.73. The van der Waals surface area contributed by atoms with E-state index in [1.54, 1.807) is 42.1 Å². The second kappa shape index (κ2) is 8.62. The topological polar surface area (TPSA) is 111 Å². The van der Waals surface area contributed by atoms with Gasteiger partial charge in [0.05, 0.1) is 23.7 Å². The third kappa shape index (κ3) is 4.20. The van der Waals surface area contributed by atoms with E-state index in [-0.39, 0.29) is 11.3 Å². The lowest BCUT2D eigenvalue weighted by Crippen LogP contribution is -2.42. The van der Waals surface area contributed by atoms with Crippen molar-refractivity contribution >= 4 is 22.6 Å².